The van der Waals surface area contributed by atoms with Crippen molar-refractivity contribution in [1.82, 2.24) is 0 Å². The summed E-state index contributed by atoms with van der Waals surface area (Å²) in [5.41, 5.74) is 2.58. The van der Waals surface area contributed by atoms with Gasteiger partial charge >= 0.3 is 0 Å². The maximum atomic E-state index is 9.18. The Labute approximate surface area is 148 Å². The van der Waals surface area contributed by atoms with Crippen LogP contribution in [-0.2, 0) is 17.4 Å². The summed E-state index contributed by atoms with van der Waals surface area (Å²) in [5, 5.41) is 18.2. The van der Waals surface area contributed by atoms with Crippen LogP contribution < -0.4 is 0 Å². The SMILES string of the molecule is C#CC(O)CC(CO)C(C)(C)C.C=C[C-]=CC(C)=C(C)C.[Cr]. The van der Waals surface area contributed by atoms with Gasteiger partial charge in [0.05, 0.1) is 0 Å². The minimum absolute atomic E-state index is 0. The molecule has 0 bridgehead atoms. The molecule has 0 fully saturated rings. The van der Waals surface area contributed by atoms with Gasteiger partial charge in [0.2, 0.25) is 0 Å². The molecule has 0 rings (SSSR count). The number of hydrogen-bond donors (Lipinski definition) is 2. The Hall–Kier alpha value is -0.768. The van der Waals surface area contributed by atoms with E-state index in [9.17, 15) is 5.11 Å². The second kappa shape index (κ2) is 13.9. The van der Waals surface area contributed by atoms with Crippen molar-refractivity contribution in [2.45, 2.75) is 54.1 Å². The Morgan fingerprint density at radius 1 is 1.32 bits per heavy atom. The van der Waals surface area contributed by atoms with E-state index < -0.39 is 6.10 Å². The normalized spacial score (nSPS) is 13.0. The van der Waals surface area contributed by atoms with Crippen LogP contribution in [0.15, 0.2) is 29.9 Å². The van der Waals surface area contributed by atoms with Crippen molar-refractivity contribution >= 4 is 0 Å². The molecule has 0 spiro atoms. The molecule has 22 heavy (non-hydrogen) atoms. The molecule has 2 unspecified atom stereocenters. The summed E-state index contributed by atoms with van der Waals surface area (Å²) in [6, 6.07) is 0. The van der Waals surface area contributed by atoms with Gasteiger partial charge in [0, 0.05) is 24.0 Å². The predicted molar refractivity (Wildman–Crippen MR) is 91.5 cm³/mol. The Balaban J connectivity index is -0.000000326. The Morgan fingerprint density at radius 2 is 1.82 bits per heavy atom. The molecule has 2 nitrogen and oxygen atoms in total. The van der Waals surface area contributed by atoms with Crippen molar-refractivity contribution in [2.75, 3.05) is 6.61 Å². The van der Waals surface area contributed by atoms with Gasteiger partial charge in [0.25, 0.3) is 0 Å². The van der Waals surface area contributed by atoms with Gasteiger partial charge in [-0.3, -0.25) is 0 Å². The summed E-state index contributed by atoms with van der Waals surface area (Å²) in [6.45, 7) is 15.9. The number of hydrogen-bond acceptors (Lipinski definition) is 2. The van der Waals surface area contributed by atoms with E-state index in [2.05, 4.69) is 39.3 Å². The van der Waals surface area contributed by atoms with Gasteiger partial charge in [-0.2, -0.15) is 24.8 Å². The molecule has 3 heteroatoms. The Bertz CT molecular complexity index is 391. The number of aliphatic hydroxyl groups excluding tert-OH is 2. The van der Waals surface area contributed by atoms with E-state index in [0.29, 0.717) is 6.42 Å². The van der Waals surface area contributed by atoms with Gasteiger partial charge in [0.15, 0.2) is 0 Å². The fraction of sp³-hybridized carbons (Fsp3) is 0.579. The van der Waals surface area contributed by atoms with Gasteiger partial charge in [-0.15, -0.1) is 17.6 Å². The van der Waals surface area contributed by atoms with E-state index in [4.69, 9.17) is 11.5 Å². The molecule has 2 atom stereocenters. The number of allylic oxidation sites excluding steroid dienone is 5. The van der Waals surface area contributed by atoms with Gasteiger partial charge in [-0.25, -0.2) is 0 Å². The van der Waals surface area contributed by atoms with E-state index in [1.807, 2.05) is 26.8 Å². The van der Waals surface area contributed by atoms with Crippen molar-refractivity contribution < 1.29 is 27.6 Å². The molecular formula is C19H31CrO2-. The summed E-state index contributed by atoms with van der Waals surface area (Å²) in [7, 11) is 0. The fourth-order valence-electron chi connectivity index (χ4n) is 1.37. The zero-order valence-corrected chi connectivity index (χ0v) is 16.1. The minimum Gasteiger partial charge on any atom is -0.396 e. The smallest absolute Gasteiger partial charge is 0.114 e. The largest absolute Gasteiger partial charge is 0.396 e. The van der Waals surface area contributed by atoms with E-state index >= 15 is 0 Å². The first kappa shape index (κ1) is 26.1. The molecule has 0 saturated carbocycles. The van der Waals surface area contributed by atoms with Crippen LogP contribution in [0.4, 0.5) is 0 Å². The average molecular weight is 343 g/mol. The molecule has 0 saturated heterocycles. The number of aliphatic hydroxyl groups is 2. The van der Waals surface area contributed by atoms with E-state index in [1.165, 1.54) is 11.1 Å². The average Bonchev–Trinajstić information content (AvgIpc) is 2.40. The first-order valence-corrected chi connectivity index (χ1v) is 7.19. The second-order valence-electron chi connectivity index (χ2n) is 6.36. The summed E-state index contributed by atoms with van der Waals surface area (Å²) in [4.78, 5) is 0. The number of terminal acetylenes is 1. The Kier molecular flexibility index (Phi) is 16.5. The Morgan fingerprint density at radius 3 is 2.09 bits per heavy atom. The summed E-state index contributed by atoms with van der Waals surface area (Å²) in [6.07, 6.45) is 11.3. The van der Waals surface area contributed by atoms with Crippen molar-refractivity contribution in [3.05, 3.63) is 36.0 Å². The number of rotatable bonds is 5. The van der Waals surface area contributed by atoms with Crippen LogP contribution in [0.1, 0.15) is 48.0 Å². The molecule has 0 aromatic heterocycles. The van der Waals surface area contributed by atoms with E-state index in [0.717, 1.165) is 0 Å². The second-order valence-corrected chi connectivity index (χ2v) is 6.36. The molecule has 0 aliphatic heterocycles. The topological polar surface area (TPSA) is 40.5 Å². The molecule has 126 valence electrons. The molecule has 0 aliphatic carbocycles. The van der Waals surface area contributed by atoms with Gasteiger partial charge < -0.3 is 10.2 Å². The third kappa shape index (κ3) is 14.2. The molecule has 0 aromatic rings. The zero-order valence-electron chi connectivity index (χ0n) is 14.8. The van der Waals surface area contributed by atoms with Crippen LogP contribution in [0.25, 0.3) is 0 Å². The summed E-state index contributed by atoms with van der Waals surface area (Å²) in [5.74, 6) is 2.31. The molecule has 2 N–H and O–H groups in total. The van der Waals surface area contributed by atoms with Gasteiger partial charge in [-0.1, -0.05) is 47.5 Å². The van der Waals surface area contributed by atoms with Crippen LogP contribution in [0.2, 0.25) is 0 Å². The van der Waals surface area contributed by atoms with Crippen molar-refractivity contribution in [3.8, 4) is 12.3 Å². The molecule has 0 radical (unpaired) electrons. The van der Waals surface area contributed by atoms with Crippen molar-refractivity contribution in [1.29, 1.82) is 0 Å². The molecule has 0 aliphatic rings. The van der Waals surface area contributed by atoms with E-state index in [1.54, 1.807) is 6.08 Å². The minimum atomic E-state index is -0.735. The maximum Gasteiger partial charge on any atom is 0.114 e. The van der Waals surface area contributed by atoms with Crippen LogP contribution in [0.3, 0.4) is 0 Å². The van der Waals surface area contributed by atoms with Crippen LogP contribution in [-0.4, -0.2) is 22.9 Å². The summed E-state index contributed by atoms with van der Waals surface area (Å²) >= 11 is 0. The van der Waals surface area contributed by atoms with Crippen molar-refractivity contribution in [3.63, 3.8) is 0 Å². The fourth-order valence-corrected chi connectivity index (χ4v) is 1.37. The maximum absolute atomic E-state index is 9.18. The van der Waals surface area contributed by atoms with Gasteiger partial charge in [0.1, 0.15) is 6.10 Å². The van der Waals surface area contributed by atoms with Crippen LogP contribution in [0.5, 0.6) is 0 Å². The van der Waals surface area contributed by atoms with E-state index in [-0.39, 0.29) is 35.3 Å². The quantitative estimate of drug-likeness (QED) is 0.451. The molecule has 0 aromatic carbocycles. The molecule has 0 heterocycles. The van der Waals surface area contributed by atoms with Crippen LogP contribution in [0, 0.1) is 29.8 Å². The predicted octanol–water partition coefficient (Wildman–Crippen LogP) is 3.91. The third-order valence-corrected chi connectivity index (χ3v) is 3.35. The van der Waals surface area contributed by atoms with Crippen molar-refractivity contribution in [2.24, 2.45) is 11.3 Å². The summed E-state index contributed by atoms with van der Waals surface area (Å²) < 4.78 is 0. The van der Waals surface area contributed by atoms with Gasteiger partial charge in [-0.05, 0) is 17.8 Å². The first-order valence-electron chi connectivity index (χ1n) is 7.19. The van der Waals surface area contributed by atoms with Crippen LogP contribution >= 0.6 is 0 Å². The standard InChI is InChI=1S/C10H18O2.C9H13.Cr/c1-5-9(12)6-8(7-11)10(2,3)4;1-5-6-7-9(4)8(2)3;/h1,8-9,11-12H,6-7H2,2-4H3;5,7H,1H2,2-4H3;/q;-1;. The monoisotopic (exact) mass is 343 g/mol. The first-order chi connectivity index (χ1) is 9.59. The molecular weight excluding hydrogens is 312 g/mol. The third-order valence-electron chi connectivity index (χ3n) is 3.35. The molecule has 0 amide bonds. The zero-order chi connectivity index (χ0) is 17.1.